The van der Waals surface area contributed by atoms with Crippen LogP contribution in [-0.2, 0) is 0 Å². The fraction of sp³-hybridized carbons (Fsp3) is 0.111. The van der Waals surface area contributed by atoms with Crippen LogP contribution >= 0.6 is 0 Å². The van der Waals surface area contributed by atoms with E-state index in [1.165, 1.54) is 6.34 Å². The molecule has 0 aromatic rings. The number of hydrogen-bond acceptors (Lipinski definition) is 2. The lowest BCUT2D eigenvalue weighted by atomic mass is 10.5. The molecule has 0 unspecified atom stereocenters. The number of nitrogens with one attached hydrogen (secondary N) is 1. The molecule has 0 spiro atoms. The van der Waals surface area contributed by atoms with Gasteiger partial charge in [0.15, 0.2) is 0 Å². The van der Waals surface area contributed by atoms with Gasteiger partial charge >= 0.3 is 0 Å². The van der Waals surface area contributed by atoms with Crippen molar-refractivity contribution >= 4 is 12.6 Å². The summed E-state index contributed by atoms with van der Waals surface area (Å²) in [5.41, 5.74) is 0.687. The molecule has 12 heavy (non-hydrogen) atoms. The summed E-state index contributed by atoms with van der Waals surface area (Å²) >= 11 is 0. The molecule has 0 rings (SSSR count). The summed E-state index contributed by atoms with van der Waals surface area (Å²) in [4.78, 5) is 7.70. The van der Waals surface area contributed by atoms with Crippen molar-refractivity contribution < 1.29 is 0 Å². The SMILES string of the molecule is C=CC(=C)N/C=N\C(=C)/N=C\C. The van der Waals surface area contributed by atoms with Gasteiger partial charge in [-0.15, -0.1) is 0 Å². The molecule has 0 bridgehead atoms. The highest BCUT2D eigenvalue weighted by atomic mass is 15.0. The molecule has 64 valence electrons. The molecule has 1 N–H and O–H groups in total. The Hall–Kier alpha value is -1.64. The predicted molar refractivity (Wildman–Crippen MR) is 54.3 cm³/mol. The maximum atomic E-state index is 3.86. The number of aliphatic imine (C=N–C) groups is 2. The van der Waals surface area contributed by atoms with E-state index >= 15 is 0 Å². The minimum absolute atomic E-state index is 0.446. The first-order chi connectivity index (χ1) is 5.70. The maximum Gasteiger partial charge on any atom is 0.145 e. The lowest BCUT2D eigenvalue weighted by molar-refractivity contribution is 1.18. The van der Waals surface area contributed by atoms with Gasteiger partial charge in [0, 0.05) is 11.9 Å². The standard InChI is InChI=1S/C9H13N3/c1-5-8(3)11-7-12-9(4)10-6-2/h5-7H,1,3-4H2,2H3,(H,11,12)/b10-6-. The average Bonchev–Trinajstić information content (AvgIpc) is 2.04. The van der Waals surface area contributed by atoms with Gasteiger partial charge in [-0.1, -0.05) is 19.7 Å². The van der Waals surface area contributed by atoms with Gasteiger partial charge in [-0.05, 0) is 13.0 Å². The molecule has 3 heteroatoms. The Labute approximate surface area is 72.9 Å². The molecule has 0 radical (unpaired) electrons. The number of nitrogens with zero attached hydrogens (tertiary/aromatic N) is 2. The Kier molecular flexibility index (Phi) is 5.26. The van der Waals surface area contributed by atoms with E-state index in [9.17, 15) is 0 Å². The van der Waals surface area contributed by atoms with E-state index in [-0.39, 0.29) is 0 Å². The number of hydrogen-bond donors (Lipinski definition) is 1. The lowest BCUT2D eigenvalue weighted by Crippen LogP contribution is -2.06. The summed E-state index contributed by atoms with van der Waals surface area (Å²) in [6.45, 7) is 12.5. The van der Waals surface area contributed by atoms with E-state index in [1.807, 2.05) is 0 Å². The van der Waals surface area contributed by atoms with Crippen LogP contribution in [0.5, 0.6) is 0 Å². The third-order valence-electron chi connectivity index (χ3n) is 0.988. The summed E-state index contributed by atoms with van der Waals surface area (Å²) in [7, 11) is 0. The van der Waals surface area contributed by atoms with Crippen molar-refractivity contribution in [2.75, 3.05) is 0 Å². The second-order valence-corrected chi connectivity index (χ2v) is 1.94. The normalized spacial score (nSPS) is 10.4. The second-order valence-electron chi connectivity index (χ2n) is 1.94. The van der Waals surface area contributed by atoms with Crippen LogP contribution in [0.4, 0.5) is 0 Å². The highest BCUT2D eigenvalue weighted by molar-refractivity contribution is 5.61. The minimum Gasteiger partial charge on any atom is -0.347 e. The summed E-state index contributed by atoms with van der Waals surface area (Å²) in [5.74, 6) is 0.446. The maximum absolute atomic E-state index is 3.86. The van der Waals surface area contributed by atoms with E-state index in [1.54, 1.807) is 19.2 Å². The zero-order valence-corrected chi connectivity index (χ0v) is 7.25. The largest absolute Gasteiger partial charge is 0.347 e. The van der Waals surface area contributed by atoms with Crippen molar-refractivity contribution in [3.05, 3.63) is 37.3 Å². The number of rotatable bonds is 5. The Balaban J connectivity index is 3.84. The molecule has 0 aliphatic heterocycles. The zero-order chi connectivity index (χ0) is 9.40. The van der Waals surface area contributed by atoms with Crippen molar-refractivity contribution in [1.29, 1.82) is 0 Å². The molecule has 3 nitrogen and oxygen atoms in total. The second kappa shape index (κ2) is 6.09. The fourth-order valence-electron chi connectivity index (χ4n) is 0.431. The Bertz CT molecular complexity index is 236. The Morgan fingerprint density at radius 1 is 1.33 bits per heavy atom. The summed E-state index contributed by atoms with van der Waals surface area (Å²) in [6.07, 6.45) is 4.69. The molecule has 0 heterocycles. The summed E-state index contributed by atoms with van der Waals surface area (Å²) < 4.78 is 0. The van der Waals surface area contributed by atoms with Crippen molar-refractivity contribution in [3.63, 3.8) is 0 Å². The first-order valence-corrected chi connectivity index (χ1v) is 3.48. The lowest BCUT2D eigenvalue weighted by Gasteiger charge is -1.95. The van der Waals surface area contributed by atoms with E-state index in [0.29, 0.717) is 11.5 Å². The molecule has 0 aromatic carbocycles. The van der Waals surface area contributed by atoms with E-state index in [0.717, 1.165) is 0 Å². The van der Waals surface area contributed by atoms with E-state index in [2.05, 4.69) is 35.0 Å². The first kappa shape index (κ1) is 10.4. The molecular formula is C9H13N3. The fourth-order valence-corrected chi connectivity index (χ4v) is 0.431. The summed E-state index contributed by atoms with van der Waals surface area (Å²) in [6, 6.07) is 0. The van der Waals surface area contributed by atoms with Gasteiger partial charge in [0.25, 0.3) is 0 Å². The molecule has 0 aliphatic carbocycles. The van der Waals surface area contributed by atoms with Gasteiger partial charge < -0.3 is 5.32 Å². The van der Waals surface area contributed by atoms with E-state index in [4.69, 9.17) is 0 Å². The first-order valence-electron chi connectivity index (χ1n) is 3.48. The molecule has 0 amide bonds. The Morgan fingerprint density at radius 2 is 2.00 bits per heavy atom. The van der Waals surface area contributed by atoms with Crippen LogP contribution in [0.1, 0.15) is 6.92 Å². The van der Waals surface area contributed by atoms with Crippen LogP contribution in [0.25, 0.3) is 0 Å². The van der Waals surface area contributed by atoms with Crippen LogP contribution in [0.15, 0.2) is 47.3 Å². The molecular weight excluding hydrogens is 150 g/mol. The van der Waals surface area contributed by atoms with Crippen LogP contribution in [0.3, 0.4) is 0 Å². The predicted octanol–water partition coefficient (Wildman–Crippen LogP) is 1.87. The van der Waals surface area contributed by atoms with Gasteiger partial charge in [-0.3, -0.25) is 0 Å². The van der Waals surface area contributed by atoms with Gasteiger partial charge in [-0.25, -0.2) is 9.98 Å². The minimum atomic E-state index is 0.446. The molecule has 0 fully saturated rings. The van der Waals surface area contributed by atoms with Crippen molar-refractivity contribution in [1.82, 2.24) is 5.32 Å². The molecule has 0 aromatic heterocycles. The Morgan fingerprint density at radius 3 is 2.50 bits per heavy atom. The molecule has 0 saturated heterocycles. The highest BCUT2D eigenvalue weighted by Gasteiger charge is 1.80. The monoisotopic (exact) mass is 163 g/mol. The van der Waals surface area contributed by atoms with Gasteiger partial charge in [0.2, 0.25) is 0 Å². The molecule has 0 aliphatic rings. The van der Waals surface area contributed by atoms with Crippen LogP contribution in [0, 0.1) is 0 Å². The third-order valence-corrected chi connectivity index (χ3v) is 0.988. The zero-order valence-electron chi connectivity index (χ0n) is 7.25. The third kappa shape index (κ3) is 5.17. The molecule has 0 atom stereocenters. The topological polar surface area (TPSA) is 36.8 Å². The van der Waals surface area contributed by atoms with Gasteiger partial charge in [0.05, 0.1) is 6.34 Å². The molecule has 0 saturated carbocycles. The van der Waals surface area contributed by atoms with Crippen LogP contribution < -0.4 is 5.32 Å². The highest BCUT2D eigenvalue weighted by Crippen LogP contribution is 1.90. The summed E-state index contributed by atoms with van der Waals surface area (Å²) in [5, 5.41) is 2.78. The number of allylic oxidation sites excluding steroid dienone is 1. The van der Waals surface area contributed by atoms with E-state index < -0.39 is 0 Å². The van der Waals surface area contributed by atoms with Gasteiger partial charge in [-0.2, -0.15) is 0 Å². The van der Waals surface area contributed by atoms with Gasteiger partial charge in [0.1, 0.15) is 5.82 Å². The van der Waals surface area contributed by atoms with Crippen molar-refractivity contribution in [2.24, 2.45) is 9.98 Å². The van der Waals surface area contributed by atoms with Crippen LogP contribution in [0.2, 0.25) is 0 Å². The smallest absolute Gasteiger partial charge is 0.145 e. The average molecular weight is 163 g/mol. The van der Waals surface area contributed by atoms with Crippen LogP contribution in [-0.4, -0.2) is 12.6 Å². The van der Waals surface area contributed by atoms with Crippen molar-refractivity contribution in [2.45, 2.75) is 6.92 Å². The quantitative estimate of drug-likeness (QED) is 0.375. The van der Waals surface area contributed by atoms with Crippen molar-refractivity contribution in [3.8, 4) is 0 Å².